The highest BCUT2D eigenvalue weighted by molar-refractivity contribution is 5.78. The predicted molar refractivity (Wildman–Crippen MR) is 115 cm³/mol. The fourth-order valence-corrected chi connectivity index (χ4v) is 4.69. The molecule has 190 valence electrons. The Hall–Kier alpha value is -2.00. The van der Waals surface area contributed by atoms with Crippen LogP contribution in [0.15, 0.2) is 0 Å². The van der Waals surface area contributed by atoms with Crippen molar-refractivity contribution in [3.8, 4) is 0 Å². The molecule has 5 unspecified atom stereocenters. The lowest BCUT2D eigenvalue weighted by atomic mass is 9.77. The molecule has 2 heterocycles. The normalized spacial score (nSPS) is 27.1. The Kier molecular flexibility index (Phi) is 7.70. The van der Waals surface area contributed by atoms with E-state index in [0.29, 0.717) is 12.8 Å². The number of alkyl halides is 3. The van der Waals surface area contributed by atoms with Crippen LogP contribution in [0.1, 0.15) is 74.7 Å². The molecule has 33 heavy (non-hydrogen) atoms. The number of rotatable bonds is 3. The third-order valence-electron chi connectivity index (χ3n) is 5.95. The summed E-state index contributed by atoms with van der Waals surface area (Å²) in [5.74, 6) is -1.68. The summed E-state index contributed by atoms with van der Waals surface area (Å²) in [6, 6.07) is -1.79. The van der Waals surface area contributed by atoms with Crippen molar-refractivity contribution in [1.29, 1.82) is 0 Å². The average molecular weight is 479 g/mol. The average Bonchev–Trinajstić information content (AvgIpc) is 2.56. The van der Waals surface area contributed by atoms with Crippen LogP contribution in [0, 0.1) is 11.3 Å². The molecule has 5 atom stereocenters. The van der Waals surface area contributed by atoms with Gasteiger partial charge in [-0.1, -0.05) is 0 Å². The Morgan fingerprint density at radius 1 is 1.03 bits per heavy atom. The molecular formula is C23H37F3N2O5. The number of ether oxygens (including phenoxy) is 2. The molecule has 7 nitrogen and oxygen atoms in total. The predicted octanol–water partition coefficient (Wildman–Crippen LogP) is 4.53. The summed E-state index contributed by atoms with van der Waals surface area (Å²) in [5, 5.41) is 0. The van der Waals surface area contributed by atoms with Gasteiger partial charge in [0.1, 0.15) is 18.1 Å². The van der Waals surface area contributed by atoms with Crippen molar-refractivity contribution < 1.29 is 37.0 Å². The van der Waals surface area contributed by atoms with Gasteiger partial charge in [0.15, 0.2) is 0 Å². The number of carbonyl (C=O) groups is 3. The van der Waals surface area contributed by atoms with Gasteiger partial charge in [0, 0.05) is 12.6 Å². The van der Waals surface area contributed by atoms with Crippen LogP contribution in [0.5, 0.6) is 0 Å². The van der Waals surface area contributed by atoms with Crippen LogP contribution in [-0.2, 0) is 19.1 Å². The van der Waals surface area contributed by atoms with E-state index in [9.17, 15) is 27.6 Å². The summed E-state index contributed by atoms with van der Waals surface area (Å²) >= 11 is 0. The zero-order chi connectivity index (χ0) is 25.5. The molecule has 0 N–H and O–H groups in total. The molecule has 2 saturated heterocycles. The second-order valence-corrected chi connectivity index (χ2v) is 11.3. The maximum atomic E-state index is 13.1. The zero-order valence-corrected chi connectivity index (χ0v) is 20.8. The number of hydrogen-bond donors (Lipinski definition) is 0. The zero-order valence-electron chi connectivity index (χ0n) is 20.8. The van der Waals surface area contributed by atoms with Crippen molar-refractivity contribution in [3.63, 3.8) is 0 Å². The molecular weight excluding hydrogens is 441 g/mol. The number of halogens is 3. The monoisotopic (exact) mass is 478 g/mol. The summed E-state index contributed by atoms with van der Waals surface area (Å²) in [5.41, 5.74) is -1.61. The van der Waals surface area contributed by atoms with Gasteiger partial charge in [0.05, 0.1) is 17.5 Å². The molecule has 0 saturated carbocycles. The number of piperidine rings is 2. The molecule has 2 fully saturated rings. The van der Waals surface area contributed by atoms with Crippen molar-refractivity contribution in [1.82, 2.24) is 9.80 Å². The molecule has 10 heteroatoms. The molecule has 0 aliphatic carbocycles. The quantitative estimate of drug-likeness (QED) is 0.557. The lowest BCUT2D eigenvalue weighted by Gasteiger charge is -2.55. The van der Waals surface area contributed by atoms with E-state index in [-0.39, 0.29) is 18.5 Å². The maximum absolute atomic E-state index is 13.1. The summed E-state index contributed by atoms with van der Waals surface area (Å²) in [6.07, 6.45) is -6.77. The first-order valence-corrected chi connectivity index (χ1v) is 11.4. The fraction of sp³-hybridized carbons (Fsp3) is 0.870. The Morgan fingerprint density at radius 2 is 1.61 bits per heavy atom. The third kappa shape index (κ3) is 6.99. The number of carbonyl (C=O) groups excluding carboxylic acids is 3. The van der Waals surface area contributed by atoms with Crippen LogP contribution >= 0.6 is 0 Å². The highest BCUT2D eigenvalue weighted by atomic mass is 19.4. The highest BCUT2D eigenvalue weighted by Crippen LogP contribution is 2.40. The van der Waals surface area contributed by atoms with E-state index in [1.165, 1.54) is 4.90 Å². The highest BCUT2D eigenvalue weighted by Gasteiger charge is 2.52. The number of amides is 2. The van der Waals surface area contributed by atoms with Gasteiger partial charge < -0.3 is 19.3 Å². The molecule has 0 aromatic heterocycles. The van der Waals surface area contributed by atoms with Gasteiger partial charge in [-0.15, -0.1) is 0 Å². The molecule has 0 aromatic rings. The minimum Gasteiger partial charge on any atom is -0.460 e. The standard InChI is InChI=1S/C23H37F3N2O5/c1-13-9-15-10-16(28(13)20(31)33-22(6,7)8)18(14(2)32-19(30)21(3,4)5)27(12-15)17(29)11-23(24,25)26/h13-16,18H,9-12H2,1-8H3. The number of esters is 1. The lowest BCUT2D eigenvalue weighted by molar-refractivity contribution is -0.180. The maximum Gasteiger partial charge on any atom is 0.410 e. The first kappa shape index (κ1) is 27.2. The largest absolute Gasteiger partial charge is 0.460 e. The lowest BCUT2D eigenvalue weighted by Crippen LogP contribution is -2.69. The third-order valence-corrected chi connectivity index (χ3v) is 5.95. The minimum atomic E-state index is -4.67. The SMILES string of the molecule is CC(OC(=O)C(C)(C)C)C1C2CC(CC(C)N2C(=O)OC(C)(C)C)CN1C(=O)CC(F)(F)F. The van der Waals surface area contributed by atoms with Crippen LogP contribution in [0.25, 0.3) is 0 Å². The summed E-state index contributed by atoms with van der Waals surface area (Å²) in [7, 11) is 0. The van der Waals surface area contributed by atoms with E-state index >= 15 is 0 Å². The number of fused-ring (bicyclic) bond motifs is 2. The van der Waals surface area contributed by atoms with Gasteiger partial charge in [-0.3, -0.25) is 9.59 Å². The van der Waals surface area contributed by atoms with E-state index in [2.05, 4.69) is 0 Å². The van der Waals surface area contributed by atoms with Gasteiger partial charge in [-0.2, -0.15) is 13.2 Å². The van der Waals surface area contributed by atoms with Gasteiger partial charge in [-0.05, 0) is 74.1 Å². The molecule has 0 aromatic carbocycles. The molecule has 2 bridgehead atoms. The van der Waals surface area contributed by atoms with E-state index in [1.54, 1.807) is 48.5 Å². The molecule has 2 rings (SSSR count). The van der Waals surface area contributed by atoms with E-state index in [1.807, 2.05) is 6.92 Å². The first-order chi connectivity index (χ1) is 14.8. The van der Waals surface area contributed by atoms with Gasteiger partial charge in [0.2, 0.25) is 5.91 Å². The van der Waals surface area contributed by atoms with Crippen LogP contribution in [0.4, 0.5) is 18.0 Å². The Labute approximate surface area is 193 Å². The second kappa shape index (κ2) is 9.33. The Balaban J connectivity index is 2.45. The number of likely N-dealkylation sites (tertiary alicyclic amines) is 2. The van der Waals surface area contributed by atoms with Gasteiger partial charge in [0.25, 0.3) is 0 Å². The molecule has 0 radical (unpaired) electrons. The van der Waals surface area contributed by atoms with Crippen LogP contribution in [0.2, 0.25) is 0 Å². The van der Waals surface area contributed by atoms with Crippen LogP contribution in [-0.4, -0.2) is 70.3 Å². The Bertz CT molecular complexity index is 757. The van der Waals surface area contributed by atoms with Crippen molar-refractivity contribution >= 4 is 18.0 Å². The van der Waals surface area contributed by atoms with E-state index in [0.717, 1.165) is 4.90 Å². The molecule has 2 aliphatic rings. The summed E-state index contributed by atoms with van der Waals surface area (Å²) < 4.78 is 50.4. The molecule has 2 aliphatic heterocycles. The number of nitrogens with zero attached hydrogens (tertiary/aromatic N) is 2. The van der Waals surface area contributed by atoms with Crippen LogP contribution in [0.3, 0.4) is 0 Å². The second-order valence-electron chi connectivity index (χ2n) is 11.3. The molecule has 0 spiro atoms. The minimum absolute atomic E-state index is 0.0670. The van der Waals surface area contributed by atoms with E-state index in [4.69, 9.17) is 9.47 Å². The molecule has 2 amide bonds. The van der Waals surface area contributed by atoms with Gasteiger partial charge in [-0.25, -0.2) is 4.79 Å². The number of hydrogen-bond acceptors (Lipinski definition) is 5. The van der Waals surface area contributed by atoms with E-state index < -0.39 is 59.8 Å². The first-order valence-electron chi connectivity index (χ1n) is 11.4. The van der Waals surface area contributed by atoms with Crippen LogP contribution < -0.4 is 0 Å². The van der Waals surface area contributed by atoms with Crippen molar-refractivity contribution in [2.24, 2.45) is 11.3 Å². The van der Waals surface area contributed by atoms with Crippen molar-refractivity contribution in [2.45, 2.75) is 111 Å². The van der Waals surface area contributed by atoms with Crippen molar-refractivity contribution in [2.75, 3.05) is 6.54 Å². The summed E-state index contributed by atoms with van der Waals surface area (Å²) in [6.45, 7) is 13.7. The van der Waals surface area contributed by atoms with Crippen molar-refractivity contribution in [3.05, 3.63) is 0 Å². The fourth-order valence-electron chi connectivity index (χ4n) is 4.69. The summed E-state index contributed by atoms with van der Waals surface area (Å²) in [4.78, 5) is 41.1. The Morgan fingerprint density at radius 3 is 2.09 bits per heavy atom. The van der Waals surface area contributed by atoms with Gasteiger partial charge >= 0.3 is 18.2 Å². The smallest absolute Gasteiger partial charge is 0.410 e. The topological polar surface area (TPSA) is 76.2 Å².